The second-order valence-electron chi connectivity index (χ2n) is 8.37. The zero-order chi connectivity index (χ0) is 26.2. The summed E-state index contributed by atoms with van der Waals surface area (Å²) in [5, 5.41) is 109. The molecule has 3 aliphatic heterocycles. The monoisotopic (exact) mass is 518 g/mol. The van der Waals surface area contributed by atoms with Crippen LogP contribution in [0.25, 0.3) is 0 Å². The summed E-state index contributed by atoms with van der Waals surface area (Å²) in [4.78, 5) is 11.3. The van der Waals surface area contributed by atoms with Crippen LogP contribution in [-0.4, -0.2) is 167 Å². The molecule has 3 heterocycles. The van der Waals surface area contributed by atoms with Crippen LogP contribution in [0.2, 0.25) is 0 Å². The van der Waals surface area contributed by atoms with Crippen molar-refractivity contribution in [2.24, 2.45) is 0 Å². The van der Waals surface area contributed by atoms with Gasteiger partial charge in [0.05, 0.1) is 13.2 Å². The lowest BCUT2D eigenvalue weighted by Gasteiger charge is -2.47. The van der Waals surface area contributed by atoms with E-state index in [4.69, 9.17) is 28.8 Å². The average Bonchev–Trinajstić information content (AvgIpc) is 2.83. The number of rotatable bonds is 7. The van der Waals surface area contributed by atoms with Gasteiger partial charge in [0.15, 0.2) is 25.0 Å². The largest absolute Gasteiger partial charge is 0.479 e. The molecule has 0 aromatic carbocycles. The molecule has 35 heavy (non-hydrogen) atoms. The summed E-state index contributed by atoms with van der Waals surface area (Å²) in [6, 6.07) is 0. The van der Waals surface area contributed by atoms with Crippen LogP contribution < -0.4 is 0 Å². The van der Waals surface area contributed by atoms with E-state index < -0.39 is 111 Å². The van der Waals surface area contributed by atoms with Crippen LogP contribution in [0, 0.1) is 0 Å². The van der Waals surface area contributed by atoms with Gasteiger partial charge in [0.1, 0.15) is 67.1 Å². The van der Waals surface area contributed by atoms with Crippen LogP contribution in [0.3, 0.4) is 0 Å². The zero-order valence-electron chi connectivity index (χ0n) is 17.9. The molecule has 1 unspecified atom stereocenters. The smallest absolute Gasteiger partial charge is 0.335 e. The number of carbonyl (C=O) groups is 1. The summed E-state index contributed by atoms with van der Waals surface area (Å²) in [5.41, 5.74) is 0. The minimum Gasteiger partial charge on any atom is -0.479 e. The van der Waals surface area contributed by atoms with Gasteiger partial charge >= 0.3 is 5.97 Å². The lowest BCUT2D eigenvalue weighted by molar-refractivity contribution is -0.375. The molecule has 0 aromatic rings. The highest BCUT2D eigenvalue weighted by atomic mass is 16.8. The van der Waals surface area contributed by atoms with Gasteiger partial charge < -0.3 is 79.9 Å². The van der Waals surface area contributed by atoms with Crippen molar-refractivity contribution in [3.05, 3.63) is 0 Å². The van der Waals surface area contributed by atoms with E-state index in [-0.39, 0.29) is 0 Å². The quantitative estimate of drug-likeness (QED) is 0.149. The molecule has 0 bridgehead atoms. The van der Waals surface area contributed by atoms with Gasteiger partial charge in [-0.05, 0) is 0 Å². The van der Waals surface area contributed by atoms with E-state index in [0.717, 1.165) is 0 Å². The number of hydrogen-bond acceptors (Lipinski definition) is 16. The average molecular weight is 518 g/mol. The summed E-state index contributed by atoms with van der Waals surface area (Å²) < 4.78 is 26.0. The van der Waals surface area contributed by atoms with Gasteiger partial charge in [-0.2, -0.15) is 0 Å². The molecule has 3 saturated heterocycles. The lowest BCUT2D eigenvalue weighted by atomic mass is 9.96. The van der Waals surface area contributed by atoms with Crippen molar-refractivity contribution in [3.8, 4) is 0 Å². The summed E-state index contributed by atoms with van der Waals surface area (Å²) in [5.74, 6) is -1.69. The molecule has 3 aliphatic rings. The maximum atomic E-state index is 11.3. The topological polar surface area (TPSA) is 286 Å². The normalized spacial score (nSPS) is 51.2. The van der Waals surface area contributed by atoms with Crippen LogP contribution in [-0.2, 0) is 28.5 Å². The Balaban J connectivity index is 1.73. The fourth-order valence-electron chi connectivity index (χ4n) is 4.04. The molecule has 17 nitrogen and oxygen atoms in total. The van der Waals surface area contributed by atoms with Gasteiger partial charge in [-0.25, -0.2) is 4.79 Å². The van der Waals surface area contributed by atoms with Crippen LogP contribution >= 0.6 is 0 Å². The van der Waals surface area contributed by atoms with E-state index in [1.165, 1.54) is 0 Å². The summed E-state index contributed by atoms with van der Waals surface area (Å²) in [7, 11) is 0. The molecule has 3 fully saturated rings. The summed E-state index contributed by atoms with van der Waals surface area (Å²) in [6.07, 6.45) is -27.4. The van der Waals surface area contributed by atoms with E-state index in [1.807, 2.05) is 0 Å². The molecule has 3 rings (SSSR count). The predicted molar refractivity (Wildman–Crippen MR) is 102 cm³/mol. The third-order valence-electron chi connectivity index (χ3n) is 6.06. The minimum absolute atomic E-state index is 0.790. The Labute approximate surface area is 196 Å². The number of aliphatic hydroxyl groups excluding tert-OH is 10. The number of aliphatic carboxylic acids is 1. The first kappa shape index (κ1) is 28.4. The number of carboxylic acid groups (broad SMARTS) is 1. The van der Waals surface area contributed by atoms with Gasteiger partial charge in [0.25, 0.3) is 0 Å². The van der Waals surface area contributed by atoms with Crippen molar-refractivity contribution < 1.29 is 84.7 Å². The highest BCUT2D eigenvalue weighted by molar-refractivity contribution is 5.73. The van der Waals surface area contributed by atoms with Crippen LogP contribution in [0.15, 0.2) is 0 Å². The van der Waals surface area contributed by atoms with Gasteiger partial charge in [-0.1, -0.05) is 0 Å². The minimum atomic E-state index is -2.02. The number of ether oxygens (including phenoxy) is 5. The Morgan fingerprint density at radius 2 is 1.06 bits per heavy atom. The van der Waals surface area contributed by atoms with Crippen molar-refractivity contribution in [1.82, 2.24) is 0 Å². The first-order valence-electron chi connectivity index (χ1n) is 10.6. The molecule has 0 saturated carbocycles. The third kappa shape index (κ3) is 5.59. The van der Waals surface area contributed by atoms with E-state index in [2.05, 4.69) is 0 Å². The number of hydrogen-bond donors (Lipinski definition) is 11. The van der Waals surface area contributed by atoms with E-state index in [9.17, 15) is 55.9 Å². The van der Waals surface area contributed by atoms with Crippen molar-refractivity contribution in [3.63, 3.8) is 0 Å². The van der Waals surface area contributed by atoms with Crippen molar-refractivity contribution >= 4 is 5.97 Å². The molecular weight excluding hydrogens is 488 g/mol. The SMILES string of the molecule is O=C(O)[C@H]1O[C@@H](O[C@H]2[C@H](O)[C@@H](O)[C@H](O[C@H]3[C@H](O)[C@@H](O)C(O)O[C@@H]3CO)O[C@@H]2CO)[C@H](O)[C@@H](O)[C@@H]1O. The fourth-order valence-corrected chi connectivity index (χ4v) is 4.04. The molecule has 0 radical (unpaired) electrons. The molecule has 0 aliphatic carbocycles. The van der Waals surface area contributed by atoms with Crippen LogP contribution in [0.5, 0.6) is 0 Å². The molecule has 15 atom stereocenters. The van der Waals surface area contributed by atoms with Crippen LogP contribution in [0.4, 0.5) is 0 Å². The highest BCUT2D eigenvalue weighted by Crippen LogP contribution is 2.32. The van der Waals surface area contributed by atoms with E-state index in [0.29, 0.717) is 0 Å². The maximum absolute atomic E-state index is 11.3. The summed E-state index contributed by atoms with van der Waals surface area (Å²) >= 11 is 0. The van der Waals surface area contributed by atoms with Crippen molar-refractivity contribution in [1.29, 1.82) is 0 Å². The van der Waals surface area contributed by atoms with E-state index >= 15 is 0 Å². The van der Waals surface area contributed by atoms with Crippen LogP contribution in [0.1, 0.15) is 0 Å². The standard InChI is InChI=1S/C18H30O17/c19-1-3-12(7(23)9(25)16(30)31-3)33-17-11(27)8(24)13(4(2-20)32-17)34-18-10(26)5(21)6(22)14(35-18)15(28)29/h3-14,16-27,30H,1-2H2,(H,28,29)/t3-,4-,5+,6+,7-,8-,9-,10-,11-,12-,13-,14+,16?,17+,18-/m1/s1. The second-order valence-corrected chi connectivity index (χ2v) is 8.37. The Morgan fingerprint density at radius 3 is 1.57 bits per heavy atom. The first-order valence-corrected chi connectivity index (χ1v) is 10.6. The van der Waals surface area contributed by atoms with Gasteiger partial charge in [-0.3, -0.25) is 0 Å². The predicted octanol–water partition coefficient (Wildman–Crippen LogP) is -7.48. The summed E-state index contributed by atoms with van der Waals surface area (Å²) in [6.45, 7) is -1.68. The lowest BCUT2D eigenvalue weighted by Crippen LogP contribution is -2.66. The Morgan fingerprint density at radius 1 is 0.600 bits per heavy atom. The molecule has 17 heteroatoms. The first-order chi connectivity index (χ1) is 16.4. The van der Waals surface area contributed by atoms with Crippen molar-refractivity contribution in [2.45, 2.75) is 92.1 Å². The van der Waals surface area contributed by atoms with Gasteiger partial charge in [-0.15, -0.1) is 0 Å². The maximum Gasteiger partial charge on any atom is 0.335 e. The fraction of sp³-hybridized carbons (Fsp3) is 0.944. The third-order valence-corrected chi connectivity index (χ3v) is 6.06. The number of aliphatic hydroxyl groups is 10. The molecule has 204 valence electrons. The second kappa shape index (κ2) is 11.5. The molecule has 11 N–H and O–H groups in total. The van der Waals surface area contributed by atoms with Gasteiger partial charge in [0, 0.05) is 0 Å². The number of carboxylic acids is 1. The Bertz CT molecular complexity index is 707. The highest BCUT2D eigenvalue weighted by Gasteiger charge is 2.54. The van der Waals surface area contributed by atoms with Gasteiger partial charge in [0.2, 0.25) is 0 Å². The molecule has 0 aromatic heterocycles. The Kier molecular flexibility index (Phi) is 9.35. The van der Waals surface area contributed by atoms with Crippen molar-refractivity contribution in [2.75, 3.05) is 13.2 Å². The Hall–Kier alpha value is -1.13. The molecule has 0 spiro atoms. The molecule has 0 amide bonds. The zero-order valence-corrected chi connectivity index (χ0v) is 17.9. The van der Waals surface area contributed by atoms with E-state index in [1.54, 1.807) is 0 Å². The molecular formula is C18H30O17.